The highest BCUT2D eigenvalue weighted by Crippen LogP contribution is 2.11. The molecule has 6 nitrogen and oxygen atoms in total. The topological polar surface area (TPSA) is 73.2 Å². The Morgan fingerprint density at radius 3 is 2.44 bits per heavy atom. The molecule has 3 aromatic rings. The molecule has 0 saturated carbocycles. The summed E-state index contributed by atoms with van der Waals surface area (Å²) in [7, 11) is 1.62. The Morgan fingerprint density at radius 1 is 1.00 bits per heavy atom. The normalized spacial score (nSPS) is 10.4. The summed E-state index contributed by atoms with van der Waals surface area (Å²) in [6.45, 7) is 0.803. The van der Waals surface area contributed by atoms with E-state index in [0.29, 0.717) is 19.5 Å². The van der Waals surface area contributed by atoms with Crippen molar-refractivity contribution in [1.82, 2.24) is 15.1 Å². The summed E-state index contributed by atoms with van der Waals surface area (Å²) in [5, 5.41) is 7.03. The molecule has 0 aliphatic rings. The van der Waals surface area contributed by atoms with E-state index in [0.717, 1.165) is 16.9 Å². The van der Waals surface area contributed by atoms with Gasteiger partial charge in [-0.2, -0.15) is 5.10 Å². The van der Waals surface area contributed by atoms with E-state index in [1.54, 1.807) is 7.11 Å². The number of hydrogen-bond donors (Lipinski definition) is 1. The van der Waals surface area contributed by atoms with Crippen LogP contribution in [0.4, 0.5) is 0 Å². The van der Waals surface area contributed by atoms with Gasteiger partial charge in [0.25, 0.3) is 11.5 Å². The zero-order valence-corrected chi connectivity index (χ0v) is 15.1. The second-order valence-corrected chi connectivity index (χ2v) is 6.05. The largest absolute Gasteiger partial charge is 0.497 e. The van der Waals surface area contributed by atoms with Crippen molar-refractivity contribution in [1.29, 1.82) is 0 Å². The number of carbonyl (C=O) groups is 1. The molecule has 0 aliphatic carbocycles. The molecular formula is C21H21N3O3. The number of ether oxygens (including phenoxy) is 1. The highest BCUT2D eigenvalue weighted by Gasteiger charge is 2.09. The first-order valence-corrected chi connectivity index (χ1v) is 8.69. The van der Waals surface area contributed by atoms with Crippen LogP contribution in [0.2, 0.25) is 0 Å². The molecule has 2 aromatic carbocycles. The molecule has 0 unspecified atom stereocenters. The van der Waals surface area contributed by atoms with Crippen LogP contribution >= 0.6 is 0 Å². The van der Waals surface area contributed by atoms with Gasteiger partial charge in [-0.15, -0.1) is 0 Å². The van der Waals surface area contributed by atoms with Crippen molar-refractivity contribution in [2.24, 2.45) is 0 Å². The van der Waals surface area contributed by atoms with Gasteiger partial charge in [-0.1, -0.05) is 42.5 Å². The number of nitrogens with one attached hydrogen (secondary N) is 1. The van der Waals surface area contributed by atoms with Gasteiger partial charge in [-0.25, -0.2) is 4.68 Å². The molecular weight excluding hydrogens is 342 g/mol. The minimum Gasteiger partial charge on any atom is -0.497 e. The molecule has 0 spiro atoms. The second-order valence-electron chi connectivity index (χ2n) is 6.05. The molecule has 0 radical (unpaired) electrons. The van der Waals surface area contributed by atoms with Crippen LogP contribution in [-0.4, -0.2) is 29.3 Å². The summed E-state index contributed by atoms with van der Waals surface area (Å²) in [4.78, 5) is 24.4. The van der Waals surface area contributed by atoms with Crippen molar-refractivity contribution in [2.45, 2.75) is 13.0 Å². The molecule has 3 rings (SSSR count). The Balaban J connectivity index is 1.60. The molecule has 27 heavy (non-hydrogen) atoms. The Labute approximate surface area is 157 Å². The molecule has 0 bridgehead atoms. The Kier molecular flexibility index (Phi) is 5.99. The summed E-state index contributed by atoms with van der Waals surface area (Å²) in [5.41, 5.74) is 2.02. The van der Waals surface area contributed by atoms with Crippen molar-refractivity contribution >= 4 is 5.91 Å². The van der Waals surface area contributed by atoms with Crippen molar-refractivity contribution in [2.75, 3.05) is 13.7 Å². The van der Waals surface area contributed by atoms with Gasteiger partial charge in [0, 0.05) is 12.6 Å². The fourth-order valence-electron chi connectivity index (χ4n) is 2.64. The molecule has 138 valence electrons. The number of rotatable bonds is 7. The smallest absolute Gasteiger partial charge is 0.271 e. The van der Waals surface area contributed by atoms with Crippen LogP contribution in [0.25, 0.3) is 0 Å². The van der Waals surface area contributed by atoms with E-state index in [1.807, 2.05) is 54.6 Å². The predicted octanol–water partition coefficient (Wildman–Crippen LogP) is 2.27. The number of benzene rings is 2. The molecule has 1 aromatic heterocycles. The Bertz CT molecular complexity index is 950. The second kappa shape index (κ2) is 8.80. The van der Waals surface area contributed by atoms with E-state index in [-0.39, 0.29) is 17.2 Å². The van der Waals surface area contributed by atoms with Gasteiger partial charge in [0.15, 0.2) is 0 Å². The quantitative estimate of drug-likeness (QED) is 0.699. The van der Waals surface area contributed by atoms with Gasteiger partial charge in [0.05, 0.1) is 13.7 Å². The first-order valence-electron chi connectivity index (χ1n) is 8.69. The number of carbonyl (C=O) groups excluding carboxylic acids is 1. The lowest BCUT2D eigenvalue weighted by atomic mass is 10.1. The van der Waals surface area contributed by atoms with Gasteiger partial charge < -0.3 is 10.1 Å². The lowest BCUT2D eigenvalue weighted by Gasteiger charge is -2.08. The van der Waals surface area contributed by atoms with Crippen molar-refractivity contribution in [3.05, 3.63) is 93.9 Å². The standard InChI is InChI=1S/C21H21N3O3/c1-27-18-9-7-16(8-10-18)13-14-22-21(26)19-11-12-20(25)24(23-19)15-17-5-3-2-4-6-17/h2-12H,13-15H2,1H3,(H,22,26). The van der Waals surface area contributed by atoms with Crippen LogP contribution < -0.4 is 15.6 Å². The first kappa shape index (κ1) is 18.4. The fraction of sp³-hybridized carbons (Fsp3) is 0.190. The molecule has 1 N–H and O–H groups in total. The third-order valence-corrected chi connectivity index (χ3v) is 4.13. The van der Waals surface area contributed by atoms with E-state index in [4.69, 9.17) is 4.74 Å². The van der Waals surface area contributed by atoms with Gasteiger partial charge in [-0.3, -0.25) is 9.59 Å². The number of aromatic nitrogens is 2. The highest BCUT2D eigenvalue weighted by atomic mass is 16.5. The van der Waals surface area contributed by atoms with Crippen LogP contribution in [0.5, 0.6) is 5.75 Å². The number of amides is 1. The predicted molar refractivity (Wildman–Crippen MR) is 103 cm³/mol. The number of hydrogen-bond acceptors (Lipinski definition) is 4. The summed E-state index contributed by atoms with van der Waals surface area (Å²) >= 11 is 0. The van der Waals surface area contributed by atoms with Gasteiger partial charge in [0.1, 0.15) is 11.4 Å². The van der Waals surface area contributed by atoms with Gasteiger partial charge in [-0.05, 0) is 35.7 Å². The summed E-state index contributed by atoms with van der Waals surface area (Å²) in [5.74, 6) is 0.498. The molecule has 0 atom stereocenters. The average molecular weight is 363 g/mol. The maximum absolute atomic E-state index is 12.3. The third-order valence-electron chi connectivity index (χ3n) is 4.13. The molecule has 0 fully saturated rings. The van der Waals surface area contributed by atoms with Crippen molar-refractivity contribution in [3.63, 3.8) is 0 Å². The maximum Gasteiger partial charge on any atom is 0.271 e. The molecule has 0 saturated heterocycles. The summed E-state index contributed by atoms with van der Waals surface area (Å²) in [6, 6.07) is 20.0. The van der Waals surface area contributed by atoms with Crippen LogP contribution in [0.15, 0.2) is 71.5 Å². The van der Waals surface area contributed by atoms with E-state index < -0.39 is 0 Å². The van der Waals surface area contributed by atoms with E-state index in [1.165, 1.54) is 16.8 Å². The fourth-order valence-corrected chi connectivity index (χ4v) is 2.64. The van der Waals surface area contributed by atoms with Crippen molar-refractivity contribution < 1.29 is 9.53 Å². The summed E-state index contributed by atoms with van der Waals surface area (Å²) in [6.07, 6.45) is 0.694. The zero-order valence-electron chi connectivity index (χ0n) is 15.1. The molecule has 1 heterocycles. The van der Waals surface area contributed by atoms with Crippen LogP contribution in [0.1, 0.15) is 21.6 Å². The molecule has 1 amide bonds. The number of methoxy groups -OCH3 is 1. The monoisotopic (exact) mass is 363 g/mol. The molecule has 6 heteroatoms. The zero-order chi connectivity index (χ0) is 19.1. The Hall–Kier alpha value is -3.41. The van der Waals surface area contributed by atoms with E-state index in [2.05, 4.69) is 10.4 Å². The molecule has 0 aliphatic heterocycles. The van der Waals surface area contributed by atoms with Crippen LogP contribution in [0, 0.1) is 0 Å². The summed E-state index contributed by atoms with van der Waals surface area (Å²) < 4.78 is 6.43. The van der Waals surface area contributed by atoms with Crippen molar-refractivity contribution in [3.8, 4) is 5.75 Å². The average Bonchev–Trinajstić information content (AvgIpc) is 2.71. The van der Waals surface area contributed by atoms with Crippen LogP contribution in [0.3, 0.4) is 0 Å². The Morgan fingerprint density at radius 2 is 1.74 bits per heavy atom. The van der Waals surface area contributed by atoms with Gasteiger partial charge >= 0.3 is 0 Å². The minimum atomic E-state index is -0.301. The first-order chi connectivity index (χ1) is 13.2. The SMILES string of the molecule is COc1ccc(CCNC(=O)c2ccc(=O)n(Cc3ccccc3)n2)cc1. The van der Waals surface area contributed by atoms with Crippen LogP contribution in [-0.2, 0) is 13.0 Å². The van der Waals surface area contributed by atoms with E-state index >= 15 is 0 Å². The van der Waals surface area contributed by atoms with E-state index in [9.17, 15) is 9.59 Å². The minimum absolute atomic E-state index is 0.222. The maximum atomic E-state index is 12.3. The van der Waals surface area contributed by atoms with Gasteiger partial charge in [0.2, 0.25) is 0 Å². The lowest BCUT2D eigenvalue weighted by molar-refractivity contribution is 0.0946. The third kappa shape index (κ3) is 5.04. The lowest BCUT2D eigenvalue weighted by Crippen LogP contribution is -2.30. The number of nitrogens with zero attached hydrogens (tertiary/aromatic N) is 2. The highest BCUT2D eigenvalue weighted by molar-refractivity contribution is 5.91.